The first kappa shape index (κ1) is 12.6. The number of nitrogens with one attached hydrogen (secondary N) is 1. The minimum absolute atomic E-state index is 0. The van der Waals surface area contributed by atoms with Crippen molar-refractivity contribution in [3.8, 4) is 0 Å². The average Bonchev–Trinajstić information content (AvgIpc) is 2.78. The quantitative estimate of drug-likeness (QED) is 0.820. The Labute approximate surface area is 98.5 Å². The number of aryl methyl sites for hydroxylation is 1. The van der Waals surface area contributed by atoms with E-state index < -0.39 is 0 Å². The van der Waals surface area contributed by atoms with Crippen molar-refractivity contribution in [2.75, 3.05) is 0 Å². The lowest BCUT2D eigenvalue weighted by molar-refractivity contribution is 0.585. The second-order valence-corrected chi connectivity index (χ2v) is 4.38. The molecule has 2 unspecified atom stereocenters. The molecule has 86 valence electrons. The molecule has 0 radical (unpaired) electrons. The number of aromatic nitrogens is 1. The van der Waals surface area contributed by atoms with E-state index in [-0.39, 0.29) is 12.4 Å². The van der Waals surface area contributed by atoms with Crippen molar-refractivity contribution in [2.24, 2.45) is 13.0 Å². The van der Waals surface area contributed by atoms with Crippen LogP contribution in [0.2, 0.25) is 0 Å². The minimum atomic E-state index is 0. The highest BCUT2D eigenvalue weighted by Crippen LogP contribution is 2.34. The molecule has 0 aliphatic heterocycles. The maximum atomic E-state index is 3.61. The summed E-state index contributed by atoms with van der Waals surface area (Å²) >= 11 is 0. The molecular formula is C12H21ClN2. The van der Waals surface area contributed by atoms with Crippen LogP contribution in [0.5, 0.6) is 0 Å². The summed E-state index contributed by atoms with van der Waals surface area (Å²) in [5.74, 6) is 0.959. The molecule has 1 aliphatic rings. The van der Waals surface area contributed by atoms with Crippen molar-refractivity contribution in [3.05, 3.63) is 24.0 Å². The van der Waals surface area contributed by atoms with Gasteiger partial charge in [0.25, 0.3) is 0 Å². The van der Waals surface area contributed by atoms with Gasteiger partial charge in [-0.15, -0.1) is 12.4 Å². The Hall–Kier alpha value is -0.470. The van der Waals surface area contributed by atoms with Gasteiger partial charge in [0.05, 0.1) is 0 Å². The van der Waals surface area contributed by atoms with E-state index in [4.69, 9.17) is 0 Å². The van der Waals surface area contributed by atoms with Crippen LogP contribution < -0.4 is 5.32 Å². The molecule has 0 bridgehead atoms. The summed E-state index contributed by atoms with van der Waals surface area (Å²) in [6.07, 6.45) is 6.21. The highest BCUT2D eigenvalue weighted by molar-refractivity contribution is 5.85. The predicted molar refractivity (Wildman–Crippen MR) is 66.3 cm³/mol. The van der Waals surface area contributed by atoms with E-state index in [2.05, 4.69) is 42.2 Å². The summed E-state index contributed by atoms with van der Waals surface area (Å²) in [5, 5.41) is 3.61. The largest absolute Gasteiger partial charge is 0.353 e. The molecule has 1 aromatic rings. The Morgan fingerprint density at radius 1 is 1.53 bits per heavy atom. The van der Waals surface area contributed by atoms with E-state index in [1.807, 2.05) is 0 Å². The molecule has 1 aromatic heterocycles. The van der Waals surface area contributed by atoms with Gasteiger partial charge in [-0.2, -0.15) is 0 Å². The van der Waals surface area contributed by atoms with Crippen LogP contribution in [0.1, 0.15) is 31.9 Å². The zero-order valence-electron chi connectivity index (χ0n) is 9.57. The van der Waals surface area contributed by atoms with Crippen LogP contribution in [0.3, 0.4) is 0 Å². The number of nitrogens with zero attached hydrogens (tertiary/aromatic N) is 1. The van der Waals surface area contributed by atoms with Gasteiger partial charge in [-0.1, -0.05) is 13.3 Å². The number of rotatable bonds is 5. The van der Waals surface area contributed by atoms with Crippen molar-refractivity contribution >= 4 is 12.4 Å². The Morgan fingerprint density at radius 3 is 2.93 bits per heavy atom. The second-order valence-electron chi connectivity index (χ2n) is 4.38. The molecule has 15 heavy (non-hydrogen) atoms. The summed E-state index contributed by atoms with van der Waals surface area (Å²) in [6, 6.07) is 5.09. The number of hydrogen-bond acceptors (Lipinski definition) is 1. The van der Waals surface area contributed by atoms with E-state index in [1.165, 1.54) is 25.0 Å². The molecule has 0 amide bonds. The van der Waals surface area contributed by atoms with E-state index in [0.29, 0.717) is 0 Å². The topological polar surface area (TPSA) is 17.0 Å². The molecule has 2 rings (SSSR count). The van der Waals surface area contributed by atoms with Gasteiger partial charge in [0.1, 0.15) is 0 Å². The highest BCUT2D eigenvalue weighted by Gasteiger charge is 2.35. The van der Waals surface area contributed by atoms with Gasteiger partial charge < -0.3 is 9.88 Å². The monoisotopic (exact) mass is 228 g/mol. The van der Waals surface area contributed by atoms with Crippen molar-refractivity contribution in [1.29, 1.82) is 0 Å². The van der Waals surface area contributed by atoms with Crippen molar-refractivity contribution in [2.45, 2.75) is 38.8 Å². The Kier molecular flexibility index (Phi) is 4.68. The lowest BCUT2D eigenvalue weighted by Crippen LogP contribution is -2.19. The van der Waals surface area contributed by atoms with E-state index in [0.717, 1.165) is 18.5 Å². The summed E-state index contributed by atoms with van der Waals surface area (Å²) in [7, 11) is 2.10. The third-order valence-corrected chi connectivity index (χ3v) is 3.18. The first-order valence-electron chi connectivity index (χ1n) is 5.65. The van der Waals surface area contributed by atoms with Crippen molar-refractivity contribution in [3.63, 3.8) is 0 Å². The lowest BCUT2D eigenvalue weighted by atomic mass is 10.2. The normalized spacial score (nSPS) is 23.6. The molecule has 1 N–H and O–H groups in total. The predicted octanol–water partition coefficient (Wildman–Crippen LogP) is 2.73. The third kappa shape index (κ3) is 3.25. The maximum absolute atomic E-state index is 3.61. The van der Waals surface area contributed by atoms with Crippen LogP contribution in [-0.2, 0) is 13.6 Å². The molecular weight excluding hydrogens is 208 g/mol. The zero-order chi connectivity index (χ0) is 9.97. The van der Waals surface area contributed by atoms with E-state index >= 15 is 0 Å². The first-order chi connectivity index (χ1) is 6.81. The van der Waals surface area contributed by atoms with E-state index in [1.54, 1.807) is 0 Å². The molecule has 1 heterocycles. The van der Waals surface area contributed by atoms with Crippen LogP contribution in [-0.4, -0.2) is 10.6 Å². The van der Waals surface area contributed by atoms with Crippen molar-refractivity contribution in [1.82, 2.24) is 9.88 Å². The van der Waals surface area contributed by atoms with Gasteiger partial charge in [-0.25, -0.2) is 0 Å². The smallest absolute Gasteiger partial charge is 0.0361 e. The Balaban J connectivity index is 0.00000112. The minimum Gasteiger partial charge on any atom is -0.353 e. The average molecular weight is 229 g/mol. The summed E-state index contributed by atoms with van der Waals surface area (Å²) < 4.78 is 2.18. The standard InChI is InChI=1S/C12H20N2.ClH/c1-3-5-10-8-12(10)13-9-11-6-4-7-14(11)2;/h4,6-7,10,12-13H,3,5,8-9H2,1-2H3;1H. The summed E-state index contributed by atoms with van der Waals surface area (Å²) in [4.78, 5) is 0. The van der Waals surface area contributed by atoms with Crippen LogP contribution in [0.15, 0.2) is 18.3 Å². The van der Waals surface area contributed by atoms with Gasteiger partial charge in [0.2, 0.25) is 0 Å². The fraction of sp³-hybridized carbons (Fsp3) is 0.667. The zero-order valence-corrected chi connectivity index (χ0v) is 10.4. The fourth-order valence-electron chi connectivity index (χ4n) is 2.10. The molecule has 2 atom stereocenters. The summed E-state index contributed by atoms with van der Waals surface area (Å²) in [5.41, 5.74) is 1.38. The molecule has 2 nitrogen and oxygen atoms in total. The molecule has 3 heteroatoms. The van der Waals surface area contributed by atoms with E-state index in [9.17, 15) is 0 Å². The van der Waals surface area contributed by atoms with Crippen LogP contribution in [0.4, 0.5) is 0 Å². The van der Waals surface area contributed by atoms with Crippen molar-refractivity contribution < 1.29 is 0 Å². The molecule has 0 saturated heterocycles. The lowest BCUT2D eigenvalue weighted by Gasteiger charge is -2.05. The molecule has 1 saturated carbocycles. The van der Waals surface area contributed by atoms with Crippen LogP contribution in [0.25, 0.3) is 0 Å². The first-order valence-corrected chi connectivity index (χ1v) is 5.65. The Morgan fingerprint density at radius 2 is 2.33 bits per heavy atom. The van der Waals surface area contributed by atoms with Gasteiger partial charge in [0, 0.05) is 31.5 Å². The molecule has 1 aliphatic carbocycles. The van der Waals surface area contributed by atoms with Gasteiger partial charge in [-0.05, 0) is 30.9 Å². The van der Waals surface area contributed by atoms with Gasteiger partial charge in [0.15, 0.2) is 0 Å². The van der Waals surface area contributed by atoms with Crippen LogP contribution >= 0.6 is 12.4 Å². The molecule has 0 spiro atoms. The molecule has 1 fully saturated rings. The van der Waals surface area contributed by atoms with Gasteiger partial charge >= 0.3 is 0 Å². The highest BCUT2D eigenvalue weighted by atomic mass is 35.5. The number of halogens is 1. The maximum Gasteiger partial charge on any atom is 0.0361 e. The SMILES string of the molecule is CCCC1CC1NCc1cccn1C.Cl. The number of hydrogen-bond donors (Lipinski definition) is 1. The fourth-order valence-corrected chi connectivity index (χ4v) is 2.10. The molecule has 0 aromatic carbocycles. The second kappa shape index (κ2) is 5.57. The Bertz CT molecular complexity index is 296. The third-order valence-electron chi connectivity index (χ3n) is 3.18. The van der Waals surface area contributed by atoms with Crippen LogP contribution in [0, 0.1) is 5.92 Å². The van der Waals surface area contributed by atoms with Gasteiger partial charge in [-0.3, -0.25) is 0 Å². The summed E-state index contributed by atoms with van der Waals surface area (Å²) in [6.45, 7) is 3.29.